The summed E-state index contributed by atoms with van der Waals surface area (Å²) in [6.07, 6.45) is 18.8. The maximum absolute atomic E-state index is 14.4. The van der Waals surface area contributed by atoms with E-state index < -0.39 is 11.4 Å². The molecule has 49 heavy (non-hydrogen) atoms. The van der Waals surface area contributed by atoms with Crippen molar-refractivity contribution in [3.05, 3.63) is 12.2 Å². The van der Waals surface area contributed by atoms with Gasteiger partial charge in [0.15, 0.2) is 0 Å². The van der Waals surface area contributed by atoms with Crippen molar-refractivity contribution in [2.75, 3.05) is 13.2 Å². The van der Waals surface area contributed by atoms with E-state index in [1.165, 1.54) is 19.3 Å². The number of hydrogen-bond donors (Lipinski definition) is 4. The number of fused-ring (bicyclic) bond motifs is 7. The molecule has 1 amide bonds. The van der Waals surface area contributed by atoms with E-state index in [2.05, 4.69) is 46.5 Å². The number of aliphatic carboxylic acids is 1. The molecular formula is C43H73NO5. The van der Waals surface area contributed by atoms with E-state index >= 15 is 0 Å². The molecule has 4 N–H and O–H groups in total. The van der Waals surface area contributed by atoms with Gasteiger partial charge in [-0.15, -0.1) is 0 Å². The van der Waals surface area contributed by atoms with Crippen LogP contribution in [0.2, 0.25) is 0 Å². The fourth-order valence-electron chi connectivity index (χ4n) is 13.6. The van der Waals surface area contributed by atoms with Crippen molar-refractivity contribution in [2.45, 2.75) is 170 Å². The van der Waals surface area contributed by atoms with Crippen molar-refractivity contribution in [2.24, 2.45) is 62.1 Å². The van der Waals surface area contributed by atoms with Crippen molar-refractivity contribution < 1.29 is 24.9 Å². The van der Waals surface area contributed by atoms with Crippen LogP contribution in [-0.2, 0) is 9.59 Å². The van der Waals surface area contributed by atoms with Gasteiger partial charge in [-0.05, 0) is 148 Å². The van der Waals surface area contributed by atoms with Crippen molar-refractivity contribution in [1.29, 1.82) is 0 Å². The average Bonchev–Trinajstić information content (AvgIpc) is 3.44. The zero-order chi connectivity index (χ0) is 36.0. The molecule has 0 spiro atoms. The molecule has 1 unspecified atom stereocenters. The Hall–Kier alpha value is -1.40. The minimum Gasteiger partial charge on any atom is -0.481 e. The number of hydrogen-bond acceptors (Lipinski definition) is 4. The highest BCUT2D eigenvalue weighted by Crippen LogP contribution is 2.77. The van der Waals surface area contributed by atoms with Gasteiger partial charge in [-0.1, -0.05) is 79.7 Å². The van der Waals surface area contributed by atoms with Gasteiger partial charge in [-0.25, -0.2) is 0 Å². The molecule has 10 atom stereocenters. The molecular weight excluding hydrogens is 610 g/mol. The highest BCUT2D eigenvalue weighted by molar-refractivity contribution is 5.84. The van der Waals surface area contributed by atoms with E-state index in [4.69, 9.17) is 0 Å². The number of carboxylic acid groups (broad SMARTS) is 1. The summed E-state index contributed by atoms with van der Waals surface area (Å²) in [5.74, 6) is 1.62. The topological polar surface area (TPSA) is 107 Å². The van der Waals surface area contributed by atoms with Crippen LogP contribution in [0.4, 0.5) is 0 Å². The molecule has 6 nitrogen and oxygen atoms in total. The van der Waals surface area contributed by atoms with Crippen LogP contribution in [0.5, 0.6) is 0 Å². The zero-order valence-corrected chi connectivity index (χ0v) is 32.5. The third kappa shape index (κ3) is 6.48. The molecule has 0 aromatic heterocycles. The summed E-state index contributed by atoms with van der Waals surface area (Å²) in [6, 6.07) is 0. The van der Waals surface area contributed by atoms with Gasteiger partial charge in [0.2, 0.25) is 5.91 Å². The molecule has 0 saturated heterocycles. The lowest BCUT2D eigenvalue weighted by Gasteiger charge is -2.72. The van der Waals surface area contributed by atoms with Crippen LogP contribution in [-0.4, -0.2) is 46.5 Å². The first-order valence-electron chi connectivity index (χ1n) is 20.4. The summed E-state index contributed by atoms with van der Waals surface area (Å²) in [5, 5.41) is 34.2. The highest BCUT2D eigenvalue weighted by Gasteiger charge is 2.71. The van der Waals surface area contributed by atoms with Gasteiger partial charge < -0.3 is 20.6 Å². The van der Waals surface area contributed by atoms with Crippen molar-refractivity contribution in [3.63, 3.8) is 0 Å². The highest BCUT2D eigenvalue weighted by atomic mass is 16.4. The number of nitrogens with one attached hydrogen (secondary N) is 1. The van der Waals surface area contributed by atoms with Crippen LogP contribution in [0.15, 0.2) is 12.2 Å². The summed E-state index contributed by atoms with van der Waals surface area (Å²) in [4.78, 5) is 25.7. The Bertz CT molecular complexity index is 1230. The molecule has 5 fully saturated rings. The van der Waals surface area contributed by atoms with Crippen LogP contribution in [0.3, 0.4) is 0 Å². The maximum Gasteiger partial charge on any atom is 0.309 e. The molecule has 5 rings (SSSR count). The van der Waals surface area contributed by atoms with E-state index in [9.17, 15) is 24.9 Å². The first-order valence-corrected chi connectivity index (χ1v) is 20.4. The third-order valence-electron chi connectivity index (χ3n) is 16.9. The third-order valence-corrected chi connectivity index (χ3v) is 16.9. The normalized spacial score (nSPS) is 41.2. The Morgan fingerprint density at radius 3 is 2.08 bits per heavy atom. The largest absolute Gasteiger partial charge is 0.481 e. The summed E-state index contributed by atoms with van der Waals surface area (Å²) < 4.78 is 0. The Labute approximate surface area is 299 Å². The van der Waals surface area contributed by atoms with Crippen molar-refractivity contribution in [3.8, 4) is 0 Å². The monoisotopic (exact) mass is 684 g/mol. The molecule has 0 aromatic rings. The van der Waals surface area contributed by atoms with Gasteiger partial charge in [0.25, 0.3) is 0 Å². The molecule has 0 aromatic carbocycles. The molecule has 5 aliphatic rings. The molecule has 0 aliphatic heterocycles. The maximum atomic E-state index is 14.4. The number of carbonyl (C=O) groups excluding carboxylic acids is 1. The van der Waals surface area contributed by atoms with Gasteiger partial charge in [-0.2, -0.15) is 0 Å². The minimum absolute atomic E-state index is 0.0106. The fourth-order valence-corrected chi connectivity index (χ4v) is 13.6. The lowest BCUT2D eigenvalue weighted by atomic mass is 9.32. The van der Waals surface area contributed by atoms with Gasteiger partial charge in [-0.3, -0.25) is 9.59 Å². The predicted octanol–water partition coefficient (Wildman–Crippen LogP) is 9.33. The van der Waals surface area contributed by atoms with Gasteiger partial charge in [0.1, 0.15) is 0 Å². The molecule has 0 heterocycles. The number of carboxylic acids is 1. The fraction of sp³-hybridized carbons (Fsp3) is 0.907. The van der Waals surface area contributed by atoms with Crippen LogP contribution in [0.1, 0.15) is 164 Å². The van der Waals surface area contributed by atoms with E-state index in [0.717, 1.165) is 108 Å². The molecule has 0 bridgehead atoms. The van der Waals surface area contributed by atoms with Crippen molar-refractivity contribution in [1.82, 2.24) is 5.32 Å². The second-order valence-electron chi connectivity index (χ2n) is 19.9. The second kappa shape index (κ2) is 14.2. The quantitative estimate of drug-likeness (QED) is 0.108. The number of carbonyl (C=O) groups is 2. The SMILES string of the molecule is C=C(CO)[C@@H]1CC[C@]2(C(=O)NCCCCCCCCCC(C)(C)C(=O)O)CC[C@]3(C)[C@H](CCC4[C@@]5(C)CC[C@H](O)C(C)(C)[C@@H]5CC[C@]43C)[C@@H]12. The minimum atomic E-state index is -0.710. The first-order chi connectivity index (χ1) is 22.9. The summed E-state index contributed by atoms with van der Waals surface area (Å²) >= 11 is 0. The number of unbranched alkanes of at least 4 members (excludes halogenated alkanes) is 6. The van der Waals surface area contributed by atoms with E-state index in [1.54, 1.807) is 0 Å². The molecule has 6 heteroatoms. The van der Waals surface area contributed by atoms with Crippen LogP contribution in [0, 0.1) is 62.1 Å². The zero-order valence-electron chi connectivity index (χ0n) is 32.5. The van der Waals surface area contributed by atoms with Crippen LogP contribution in [0.25, 0.3) is 0 Å². The molecule has 280 valence electrons. The standard InChI is InChI=1S/C43H73NO5/c1-29(28-45)30-18-24-43(36(47)44-27-15-13-11-9-10-12-14-21-38(2,3)37(48)49)26-25-41(7)31(35(30)43)16-17-33-40(6)22-20-34(46)39(4,5)32(40)19-23-42(33,41)8/h30-35,45-46H,1,9-28H2,2-8H3,(H,44,47)(H,48,49)/t30-,31+,32-,33?,34-,35+,40-,41+,42+,43-/m0/s1. The Morgan fingerprint density at radius 1 is 0.776 bits per heavy atom. The average molecular weight is 684 g/mol. The molecule has 5 aliphatic carbocycles. The van der Waals surface area contributed by atoms with Crippen LogP contribution >= 0.6 is 0 Å². The van der Waals surface area contributed by atoms with E-state index in [0.29, 0.717) is 17.8 Å². The van der Waals surface area contributed by atoms with Gasteiger partial charge >= 0.3 is 5.97 Å². The number of aliphatic hydroxyl groups excluding tert-OH is 2. The molecule has 0 radical (unpaired) electrons. The lowest BCUT2D eigenvalue weighted by Crippen LogP contribution is -2.67. The summed E-state index contributed by atoms with van der Waals surface area (Å²) in [7, 11) is 0. The summed E-state index contributed by atoms with van der Waals surface area (Å²) in [6.45, 7) is 21.2. The lowest BCUT2D eigenvalue weighted by molar-refractivity contribution is -0.246. The number of amides is 1. The smallest absolute Gasteiger partial charge is 0.309 e. The van der Waals surface area contributed by atoms with Crippen LogP contribution < -0.4 is 5.32 Å². The predicted molar refractivity (Wildman–Crippen MR) is 198 cm³/mol. The number of aliphatic hydroxyl groups is 2. The van der Waals surface area contributed by atoms with Crippen molar-refractivity contribution >= 4 is 11.9 Å². The first kappa shape index (κ1) is 38.8. The Balaban J connectivity index is 1.23. The summed E-state index contributed by atoms with van der Waals surface area (Å²) in [5.41, 5.74) is 0.450. The number of rotatable bonds is 14. The molecule has 5 saturated carbocycles. The van der Waals surface area contributed by atoms with Gasteiger partial charge in [0, 0.05) is 6.54 Å². The Morgan fingerprint density at radius 2 is 1.43 bits per heavy atom. The van der Waals surface area contributed by atoms with E-state index in [1.807, 2.05) is 13.8 Å². The van der Waals surface area contributed by atoms with Gasteiger partial charge in [0.05, 0.1) is 23.5 Å². The Kier molecular flexibility index (Phi) is 11.3. The second-order valence-corrected chi connectivity index (χ2v) is 19.9. The van der Waals surface area contributed by atoms with E-state index in [-0.39, 0.29) is 57.5 Å².